The van der Waals surface area contributed by atoms with E-state index in [1.807, 2.05) is 0 Å². The van der Waals surface area contributed by atoms with Crippen molar-refractivity contribution in [1.82, 2.24) is 0 Å². The highest BCUT2D eigenvalue weighted by atomic mass is 16.5. The second kappa shape index (κ2) is 8.60. The molecule has 16 heavy (non-hydrogen) atoms. The molecule has 0 saturated heterocycles. The van der Waals surface area contributed by atoms with Crippen molar-refractivity contribution in [1.29, 1.82) is 0 Å². The van der Waals surface area contributed by atoms with Gasteiger partial charge in [-0.15, -0.1) is 0 Å². The first kappa shape index (κ1) is 9.49. The molecule has 0 spiro atoms. The van der Waals surface area contributed by atoms with E-state index in [-0.39, 0.29) is 13.7 Å². The van der Waals surface area contributed by atoms with E-state index in [1.165, 1.54) is 0 Å². The molecule has 0 aliphatic rings. The van der Waals surface area contributed by atoms with Crippen LogP contribution in [0.5, 0.6) is 0 Å². The van der Waals surface area contributed by atoms with Crippen molar-refractivity contribution in [3.8, 4) is 0 Å². The fraction of sp³-hybridized carbons (Fsp3) is 0.900. The lowest BCUT2D eigenvalue weighted by molar-refractivity contribution is -0.152. The van der Waals surface area contributed by atoms with Crippen LogP contribution in [0.1, 0.15) is 5.48 Å². The second-order valence-corrected chi connectivity index (χ2v) is 2.97. The maximum atomic E-state index is 11.8. The Morgan fingerprint density at radius 3 is 2.62 bits per heavy atom. The van der Waals surface area contributed by atoms with Gasteiger partial charge in [0.2, 0.25) is 0 Å². The molecule has 96 valence electrons. The number of hydrogen-bond donors (Lipinski definition) is 1. The molecular formula is C10H20O6. The zero-order chi connectivity index (χ0) is 15.4. The topological polar surface area (TPSA) is 74.2 Å². The standard InChI is InChI=1S/C10H20O6/c1-13-5-7(11)9(15-3)10(16-4)8(12)6-14-2/h7,9-11H,5-6H2,1-4H3/t7-,9-,10-/m1/s1/i1D,2D,3D,4D. The van der Waals surface area contributed by atoms with Gasteiger partial charge in [0.15, 0.2) is 5.78 Å². The van der Waals surface area contributed by atoms with Crippen LogP contribution in [0, 0.1) is 0 Å². The lowest BCUT2D eigenvalue weighted by atomic mass is 10.0. The molecule has 0 unspecified atom stereocenters. The molecule has 1 N–H and O–H groups in total. The minimum absolute atomic E-state index is 0.265. The van der Waals surface area contributed by atoms with Gasteiger partial charge in [-0.25, -0.2) is 0 Å². The summed E-state index contributed by atoms with van der Waals surface area (Å²) < 4.78 is 46.9. The van der Waals surface area contributed by atoms with Crippen LogP contribution < -0.4 is 0 Å². The Labute approximate surface area is 101 Å². The highest BCUT2D eigenvalue weighted by Crippen LogP contribution is 2.10. The van der Waals surface area contributed by atoms with Gasteiger partial charge >= 0.3 is 0 Å². The van der Waals surface area contributed by atoms with Crippen LogP contribution >= 0.6 is 0 Å². The third-order valence-corrected chi connectivity index (χ3v) is 1.90. The smallest absolute Gasteiger partial charge is 0.189 e. The molecule has 0 aliphatic carbocycles. The summed E-state index contributed by atoms with van der Waals surface area (Å²) in [5, 5.41) is 9.85. The van der Waals surface area contributed by atoms with Crippen molar-refractivity contribution in [3.05, 3.63) is 0 Å². The maximum absolute atomic E-state index is 11.8. The predicted molar refractivity (Wildman–Crippen MR) is 56.4 cm³/mol. The molecule has 0 saturated carbocycles. The number of methoxy groups -OCH3 is 4. The molecule has 0 fully saturated rings. The average molecular weight is 240 g/mol. The Bertz CT molecular complexity index is 258. The van der Waals surface area contributed by atoms with E-state index >= 15 is 0 Å². The second-order valence-electron chi connectivity index (χ2n) is 2.97. The minimum Gasteiger partial charge on any atom is -0.388 e. The summed E-state index contributed by atoms with van der Waals surface area (Å²) in [6, 6.07) is 0. The predicted octanol–water partition coefficient (Wildman–Crippen LogP) is -0.761. The van der Waals surface area contributed by atoms with Crippen molar-refractivity contribution in [3.63, 3.8) is 0 Å². The number of carbonyl (C=O) groups is 1. The molecule has 0 aromatic rings. The Balaban J connectivity index is 4.77. The van der Waals surface area contributed by atoms with E-state index < -0.39 is 52.0 Å². The number of rotatable bonds is 9. The van der Waals surface area contributed by atoms with Crippen LogP contribution in [-0.4, -0.2) is 70.8 Å². The monoisotopic (exact) mass is 240 g/mol. The van der Waals surface area contributed by atoms with Crippen LogP contribution in [0.2, 0.25) is 0 Å². The first-order valence-electron chi connectivity index (χ1n) is 7.21. The highest BCUT2D eigenvalue weighted by Gasteiger charge is 2.33. The molecule has 0 bridgehead atoms. The number of ketones is 1. The van der Waals surface area contributed by atoms with E-state index in [0.29, 0.717) is 0 Å². The van der Waals surface area contributed by atoms with Gasteiger partial charge in [-0.3, -0.25) is 4.79 Å². The first-order valence-corrected chi connectivity index (χ1v) is 4.38. The van der Waals surface area contributed by atoms with Crippen LogP contribution in [0.4, 0.5) is 0 Å². The third-order valence-electron chi connectivity index (χ3n) is 1.90. The number of hydrogen-bond acceptors (Lipinski definition) is 6. The third kappa shape index (κ3) is 4.54. The maximum Gasteiger partial charge on any atom is 0.189 e. The van der Waals surface area contributed by atoms with E-state index in [2.05, 4.69) is 4.74 Å². The molecule has 3 atom stereocenters. The Morgan fingerprint density at radius 2 is 2.00 bits per heavy atom. The summed E-state index contributed by atoms with van der Waals surface area (Å²) in [5.41, 5.74) is 0. The summed E-state index contributed by atoms with van der Waals surface area (Å²) in [6.45, 7) is -0.684. The quantitative estimate of drug-likeness (QED) is 0.571. The van der Waals surface area contributed by atoms with Gasteiger partial charge in [0, 0.05) is 28.3 Å². The van der Waals surface area contributed by atoms with Gasteiger partial charge in [-0.05, 0) is 0 Å². The van der Waals surface area contributed by atoms with Crippen molar-refractivity contribution in [2.75, 3.05) is 41.6 Å². The van der Waals surface area contributed by atoms with Gasteiger partial charge in [0.25, 0.3) is 0 Å². The molecule has 6 heteroatoms. The zero-order valence-electron chi connectivity index (χ0n) is 13.0. The van der Waals surface area contributed by atoms with Gasteiger partial charge in [0.05, 0.1) is 12.1 Å². The summed E-state index contributed by atoms with van der Waals surface area (Å²) >= 11 is 0. The van der Waals surface area contributed by atoms with Crippen LogP contribution in [0.15, 0.2) is 0 Å². The molecule has 0 radical (unpaired) electrons. The lowest BCUT2D eigenvalue weighted by Crippen LogP contribution is -2.47. The minimum atomic E-state index is -1.30. The highest BCUT2D eigenvalue weighted by molar-refractivity contribution is 5.85. The molecule has 0 aromatic carbocycles. The number of aliphatic hydroxyl groups excluding tert-OH is 1. The summed E-state index contributed by atoms with van der Waals surface area (Å²) in [6.07, 6.45) is -3.79. The lowest BCUT2D eigenvalue weighted by Gasteiger charge is -2.27. The fourth-order valence-electron chi connectivity index (χ4n) is 1.17. The average Bonchev–Trinajstić information content (AvgIpc) is 2.45. The number of ether oxygens (including phenoxy) is 4. The van der Waals surface area contributed by atoms with Crippen LogP contribution in [0.25, 0.3) is 0 Å². The van der Waals surface area contributed by atoms with Gasteiger partial charge in [0.1, 0.15) is 24.9 Å². The van der Waals surface area contributed by atoms with Gasteiger partial charge < -0.3 is 24.1 Å². The number of carbonyl (C=O) groups excluding carboxylic acids is 1. The largest absolute Gasteiger partial charge is 0.388 e. The molecule has 0 amide bonds. The summed E-state index contributed by atoms with van der Waals surface area (Å²) in [4.78, 5) is 11.8. The molecule has 0 heterocycles. The van der Waals surface area contributed by atoms with Crippen molar-refractivity contribution < 1.29 is 34.3 Å². The van der Waals surface area contributed by atoms with Crippen LogP contribution in [0.3, 0.4) is 0 Å². The molecule has 0 aromatic heterocycles. The van der Waals surface area contributed by atoms with E-state index in [4.69, 9.17) is 19.7 Å². The van der Waals surface area contributed by atoms with E-state index in [9.17, 15) is 9.90 Å². The Morgan fingerprint density at radius 1 is 1.25 bits per heavy atom. The van der Waals surface area contributed by atoms with Gasteiger partial charge in [-0.2, -0.15) is 0 Å². The summed E-state index contributed by atoms with van der Waals surface area (Å²) in [5.74, 6) is -0.604. The molecule has 6 nitrogen and oxygen atoms in total. The van der Waals surface area contributed by atoms with Crippen LogP contribution in [-0.2, 0) is 23.7 Å². The summed E-state index contributed by atoms with van der Waals surface area (Å²) in [7, 11) is -1.84. The Hall–Kier alpha value is -0.530. The van der Waals surface area contributed by atoms with E-state index in [0.717, 1.165) is 0 Å². The normalized spacial score (nSPS) is 20.1. The number of aliphatic hydroxyl groups is 1. The zero-order valence-corrected chi connectivity index (χ0v) is 8.96. The van der Waals surface area contributed by atoms with E-state index in [1.54, 1.807) is 0 Å². The van der Waals surface area contributed by atoms with Crippen molar-refractivity contribution >= 4 is 5.78 Å². The fourth-order valence-corrected chi connectivity index (χ4v) is 1.17. The Kier molecular flexibility index (Phi) is 5.10. The number of Topliss-reactive ketones (excluding diaryl/α,β-unsaturated/α-hetero) is 1. The van der Waals surface area contributed by atoms with Gasteiger partial charge in [-0.1, -0.05) is 0 Å². The van der Waals surface area contributed by atoms with Crippen molar-refractivity contribution in [2.45, 2.75) is 18.3 Å². The first-order chi connectivity index (χ1) is 9.62. The SMILES string of the molecule is [2H]COCC(=O)[C@@H](OC[2H])[C@H](OC[2H])[C@H](O)COC[2H]. The van der Waals surface area contributed by atoms with Crippen molar-refractivity contribution in [2.24, 2.45) is 0 Å². The molecule has 0 aliphatic heterocycles. The molecule has 0 rings (SSSR count). The molecular weight excluding hydrogens is 216 g/mol.